The molecule has 12 heteroatoms. The predicted octanol–water partition coefficient (Wildman–Crippen LogP) is 1.79. The topological polar surface area (TPSA) is 194 Å². The van der Waals surface area contributed by atoms with Gasteiger partial charge in [-0.1, -0.05) is 27.7 Å². The Hall–Kier alpha value is -3.54. The maximum Gasteiger partial charge on any atom is 0.303 e. The van der Waals surface area contributed by atoms with E-state index in [0.29, 0.717) is 6.42 Å². The Labute approximate surface area is 204 Å². The van der Waals surface area contributed by atoms with Gasteiger partial charge in [0, 0.05) is 24.2 Å². The highest BCUT2D eigenvalue weighted by molar-refractivity contribution is 5.98. The second kappa shape index (κ2) is 14.0. The van der Waals surface area contributed by atoms with Gasteiger partial charge in [-0.15, -0.1) is 0 Å². The first-order chi connectivity index (χ1) is 16.3. The van der Waals surface area contributed by atoms with Crippen molar-refractivity contribution in [3.63, 3.8) is 0 Å². The van der Waals surface area contributed by atoms with Crippen LogP contribution in [0.2, 0.25) is 0 Å². The molecule has 0 aromatic heterocycles. The van der Waals surface area contributed by atoms with Gasteiger partial charge in [-0.3, -0.25) is 29.3 Å². The molecule has 1 aromatic carbocycles. The number of carbonyl (C=O) groups is 4. The number of non-ortho nitro benzene ring substituents is 1. The first kappa shape index (κ1) is 29.5. The number of carbonyl (C=O) groups excluding carboxylic acids is 3. The Kier molecular flexibility index (Phi) is 11.8. The Bertz CT molecular complexity index is 902. The number of nitro groups is 1. The molecule has 0 bridgehead atoms. The average Bonchev–Trinajstić information content (AvgIpc) is 2.75. The fourth-order valence-electron chi connectivity index (χ4n) is 3.30. The van der Waals surface area contributed by atoms with Gasteiger partial charge in [-0.25, -0.2) is 0 Å². The summed E-state index contributed by atoms with van der Waals surface area (Å²) in [5.74, 6) is -2.77. The highest BCUT2D eigenvalue weighted by Crippen LogP contribution is 2.16. The van der Waals surface area contributed by atoms with Crippen LogP contribution in [0.4, 0.5) is 11.4 Å². The number of nitrogens with two attached hydrogens (primary N) is 1. The molecule has 1 rings (SSSR count). The molecule has 0 aliphatic carbocycles. The number of nitro benzene ring substituents is 1. The van der Waals surface area contributed by atoms with Crippen LogP contribution >= 0.6 is 0 Å². The van der Waals surface area contributed by atoms with E-state index in [1.54, 1.807) is 0 Å². The van der Waals surface area contributed by atoms with E-state index in [2.05, 4.69) is 16.0 Å². The molecular formula is C23H35N5O7. The smallest absolute Gasteiger partial charge is 0.303 e. The van der Waals surface area contributed by atoms with Gasteiger partial charge in [0.25, 0.3) is 5.69 Å². The summed E-state index contributed by atoms with van der Waals surface area (Å²) < 4.78 is 0. The number of anilines is 1. The number of nitrogens with zero attached hydrogens (tertiary/aromatic N) is 1. The number of rotatable bonds is 14. The summed E-state index contributed by atoms with van der Waals surface area (Å²) in [4.78, 5) is 59.6. The molecular weight excluding hydrogens is 458 g/mol. The van der Waals surface area contributed by atoms with E-state index in [-0.39, 0.29) is 42.5 Å². The third-order valence-corrected chi connectivity index (χ3v) is 5.03. The summed E-state index contributed by atoms with van der Waals surface area (Å²) in [6.45, 7) is 7.57. The molecule has 0 saturated heterocycles. The summed E-state index contributed by atoms with van der Waals surface area (Å²) in [5.41, 5.74) is 6.00. The first-order valence-electron chi connectivity index (χ1n) is 11.4. The predicted molar refractivity (Wildman–Crippen MR) is 129 cm³/mol. The number of hydrogen-bond acceptors (Lipinski definition) is 7. The molecule has 1 aromatic rings. The van der Waals surface area contributed by atoms with Gasteiger partial charge in [0.2, 0.25) is 17.7 Å². The van der Waals surface area contributed by atoms with Crippen LogP contribution in [0.5, 0.6) is 0 Å². The second-order valence-corrected chi connectivity index (χ2v) is 9.21. The van der Waals surface area contributed by atoms with Crippen LogP contribution in [-0.4, -0.2) is 51.8 Å². The number of nitrogens with one attached hydrogen (secondary N) is 3. The first-order valence-corrected chi connectivity index (χ1v) is 11.4. The number of amides is 3. The standard InChI is InChI=1S/C23H35N5O7/c1-13(2)11-17(24)21(31)27-19(12-14(3)4)23(33)26-18(9-10-20(29)30)22(32)25-15-5-7-16(8-6-15)28(34)35/h5-8,13-14,17-19H,9-12,24H2,1-4H3,(H,25,32)(H,26,33)(H,27,31)(H,29,30)/t17-,18-,19-/m0/s1. The van der Waals surface area contributed by atoms with Crippen molar-refractivity contribution >= 4 is 35.1 Å². The van der Waals surface area contributed by atoms with Crippen molar-refractivity contribution in [3.8, 4) is 0 Å². The molecule has 3 atom stereocenters. The van der Waals surface area contributed by atoms with Crippen molar-refractivity contribution in [2.75, 3.05) is 5.32 Å². The Morgan fingerprint density at radius 3 is 1.94 bits per heavy atom. The Balaban J connectivity index is 2.99. The van der Waals surface area contributed by atoms with Crippen LogP contribution in [0.1, 0.15) is 53.4 Å². The van der Waals surface area contributed by atoms with Crippen molar-refractivity contribution in [2.24, 2.45) is 17.6 Å². The van der Waals surface area contributed by atoms with E-state index in [0.717, 1.165) is 0 Å². The zero-order valence-corrected chi connectivity index (χ0v) is 20.4. The van der Waals surface area contributed by atoms with Crippen LogP contribution in [0.15, 0.2) is 24.3 Å². The molecule has 6 N–H and O–H groups in total. The zero-order valence-electron chi connectivity index (χ0n) is 20.4. The van der Waals surface area contributed by atoms with Crippen molar-refractivity contribution in [2.45, 2.75) is 71.5 Å². The molecule has 12 nitrogen and oxygen atoms in total. The number of benzene rings is 1. The van der Waals surface area contributed by atoms with Gasteiger partial charge >= 0.3 is 5.97 Å². The number of carboxylic acid groups (broad SMARTS) is 1. The fraction of sp³-hybridized carbons (Fsp3) is 0.565. The van der Waals surface area contributed by atoms with Gasteiger partial charge in [0.05, 0.1) is 11.0 Å². The maximum atomic E-state index is 13.0. The van der Waals surface area contributed by atoms with E-state index < -0.39 is 46.7 Å². The summed E-state index contributed by atoms with van der Waals surface area (Å²) in [5, 5.41) is 27.5. The number of aliphatic carboxylic acids is 1. The Morgan fingerprint density at radius 1 is 0.914 bits per heavy atom. The zero-order chi connectivity index (χ0) is 26.7. The van der Waals surface area contributed by atoms with Crippen LogP contribution in [-0.2, 0) is 19.2 Å². The van der Waals surface area contributed by atoms with E-state index >= 15 is 0 Å². The molecule has 0 radical (unpaired) electrons. The van der Waals surface area contributed by atoms with Crippen molar-refractivity contribution in [1.82, 2.24) is 10.6 Å². The van der Waals surface area contributed by atoms with Gasteiger partial charge in [-0.2, -0.15) is 0 Å². The SMILES string of the molecule is CC(C)C[C@H](NC(=O)[C@@H](N)CC(C)C)C(=O)N[C@@H](CCC(=O)O)C(=O)Nc1ccc([N+](=O)[O-])cc1. The van der Waals surface area contributed by atoms with Gasteiger partial charge in [0.15, 0.2) is 0 Å². The highest BCUT2D eigenvalue weighted by Gasteiger charge is 2.29. The van der Waals surface area contributed by atoms with E-state index in [9.17, 15) is 29.3 Å². The maximum absolute atomic E-state index is 13.0. The normalized spacial score (nSPS) is 13.6. The van der Waals surface area contributed by atoms with Crippen molar-refractivity contribution in [1.29, 1.82) is 0 Å². The molecule has 194 valence electrons. The van der Waals surface area contributed by atoms with Crippen LogP contribution < -0.4 is 21.7 Å². The number of hydrogen-bond donors (Lipinski definition) is 5. The average molecular weight is 494 g/mol. The summed E-state index contributed by atoms with van der Waals surface area (Å²) in [6, 6.07) is 2.06. The lowest BCUT2D eigenvalue weighted by atomic mass is 10.00. The van der Waals surface area contributed by atoms with Gasteiger partial charge < -0.3 is 26.8 Å². The monoisotopic (exact) mass is 493 g/mol. The largest absolute Gasteiger partial charge is 0.481 e. The summed E-state index contributed by atoms with van der Waals surface area (Å²) in [7, 11) is 0. The molecule has 0 saturated carbocycles. The third-order valence-electron chi connectivity index (χ3n) is 5.03. The van der Waals surface area contributed by atoms with Gasteiger partial charge in [0.1, 0.15) is 12.1 Å². The lowest BCUT2D eigenvalue weighted by Crippen LogP contribution is -2.55. The lowest BCUT2D eigenvalue weighted by Gasteiger charge is -2.25. The molecule has 0 aliphatic rings. The quantitative estimate of drug-likeness (QED) is 0.191. The third kappa shape index (κ3) is 11.0. The molecule has 0 spiro atoms. The molecule has 0 aliphatic heterocycles. The molecule has 35 heavy (non-hydrogen) atoms. The van der Waals surface area contributed by atoms with Crippen molar-refractivity contribution < 1.29 is 29.2 Å². The number of carboxylic acids is 1. The minimum Gasteiger partial charge on any atom is -0.481 e. The van der Waals surface area contributed by atoms with Crippen LogP contribution in [0.25, 0.3) is 0 Å². The second-order valence-electron chi connectivity index (χ2n) is 9.21. The van der Waals surface area contributed by atoms with Gasteiger partial charge in [-0.05, 0) is 43.2 Å². The minimum absolute atomic E-state index is 0.0266. The summed E-state index contributed by atoms with van der Waals surface area (Å²) in [6.07, 6.45) is 0.122. The lowest BCUT2D eigenvalue weighted by molar-refractivity contribution is -0.384. The Morgan fingerprint density at radius 2 is 1.46 bits per heavy atom. The molecule has 0 heterocycles. The molecule has 3 amide bonds. The summed E-state index contributed by atoms with van der Waals surface area (Å²) >= 11 is 0. The highest BCUT2D eigenvalue weighted by atomic mass is 16.6. The van der Waals surface area contributed by atoms with Crippen molar-refractivity contribution in [3.05, 3.63) is 34.4 Å². The van der Waals surface area contributed by atoms with Crippen LogP contribution in [0, 0.1) is 22.0 Å². The molecule has 0 fully saturated rings. The van der Waals surface area contributed by atoms with E-state index in [1.165, 1.54) is 24.3 Å². The van der Waals surface area contributed by atoms with Crippen LogP contribution in [0.3, 0.4) is 0 Å². The molecule has 0 unspecified atom stereocenters. The van der Waals surface area contributed by atoms with E-state index in [1.807, 2.05) is 27.7 Å². The fourth-order valence-corrected chi connectivity index (χ4v) is 3.30. The minimum atomic E-state index is -1.22. The van der Waals surface area contributed by atoms with E-state index in [4.69, 9.17) is 10.8 Å².